The van der Waals surface area contributed by atoms with Crippen molar-refractivity contribution in [3.05, 3.63) is 77.9 Å². The van der Waals surface area contributed by atoms with Gasteiger partial charge in [0.1, 0.15) is 5.75 Å². The third-order valence-electron chi connectivity index (χ3n) is 4.57. The summed E-state index contributed by atoms with van der Waals surface area (Å²) in [6.45, 7) is 6.89. The highest BCUT2D eigenvalue weighted by molar-refractivity contribution is 6.03. The second-order valence-electron chi connectivity index (χ2n) is 7.26. The number of carbonyl (C=O) groups excluding carboxylic acids is 1. The van der Waals surface area contributed by atoms with Crippen LogP contribution in [0.15, 0.2) is 71.8 Å². The monoisotopic (exact) mass is 374 g/mol. The van der Waals surface area contributed by atoms with Gasteiger partial charge < -0.3 is 4.74 Å². The predicted molar refractivity (Wildman–Crippen MR) is 115 cm³/mol. The largest absolute Gasteiger partial charge is 0.494 e. The first-order chi connectivity index (χ1) is 13.5. The average Bonchev–Trinajstić information content (AvgIpc) is 2.71. The molecule has 4 heteroatoms. The summed E-state index contributed by atoms with van der Waals surface area (Å²) >= 11 is 0. The van der Waals surface area contributed by atoms with Gasteiger partial charge in [0.05, 0.1) is 12.3 Å². The molecule has 4 nitrogen and oxygen atoms in total. The van der Waals surface area contributed by atoms with E-state index in [4.69, 9.17) is 4.74 Å². The van der Waals surface area contributed by atoms with Crippen molar-refractivity contribution in [2.75, 3.05) is 6.61 Å². The molecule has 144 valence electrons. The molecule has 3 aromatic rings. The number of nitrogens with zero attached hydrogens (tertiary/aromatic N) is 1. The zero-order valence-corrected chi connectivity index (χ0v) is 16.6. The van der Waals surface area contributed by atoms with E-state index >= 15 is 0 Å². The second kappa shape index (κ2) is 9.18. The van der Waals surface area contributed by atoms with E-state index in [0.29, 0.717) is 18.1 Å². The van der Waals surface area contributed by atoms with Crippen LogP contribution in [0, 0.1) is 5.92 Å². The van der Waals surface area contributed by atoms with Crippen molar-refractivity contribution in [1.82, 2.24) is 5.43 Å². The summed E-state index contributed by atoms with van der Waals surface area (Å²) in [4.78, 5) is 12.3. The van der Waals surface area contributed by atoms with Crippen molar-refractivity contribution in [3.63, 3.8) is 0 Å². The molecule has 0 unspecified atom stereocenters. The van der Waals surface area contributed by atoms with E-state index in [9.17, 15) is 4.79 Å². The van der Waals surface area contributed by atoms with Crippen LogP contribution in [0.25, 0.3) is 10.8 Å². The Hall–Kier alpha value is -3.14. The fraction of sp³-hybridized carbons (Fsp3) is 0.250. The van der Waals surface area contributed by atoms with Crippen LogP contribution in [0.5, 0.6) is 5.75 Å². The molecule has 0 saturated carbocycles. The Morgan fingerprint density at radius 1 is 0.964 bits per heavy atom. The van der Waals surface area contributed by atoms with E-state index in [-0.39, 0.29) is 5.91 Å². The van der Waals surface area contributed by atoms with Gasteiger partial charge in [-0.25, -0.2) is 5.43 Å². The van der Waals surface area contributed by atoms with E-state index < -0.39 is 0 Å². The molecule has 28 heavy (non-hydrogen) atoms. The molecule has 0 aliphatic heterocycles. The van der Waals surface area contributed by atoms with E-state index in [0.717, 1.165) is 28.8 Å². The fourth-order valence-electron chi connectivity index (χ4n) is 2.79. The Morgan fingerprint density at radius 2 is 1.64 bits per heavy atom. The Balaban J connectivity index is 1.61. The zero-order valence-electron chi connectivity index (χ0n) is 16.6. The van der Waals surface area contributed by atoms with Crippen LogP contribution in [0.1, 0.15) is 43.1 Å². The number of fused-ring (bicyclic) bond motifs is 1. The molecule has 3 rings (SSSR count). The molecule has 0 aromatic heterocycles. The maximum atomic E-state index is 12.3. The van der Waals surface area contributed by atoms with Gasteiger partial charge >= 0.3 is 0 Å². The molecule has 0 heterocycles. The van der Waals surface area contributed by atoms with E-state index in [2.05, 4.69) is 48.6 Å². The number of nitrogens with one attached hydrogen (secondary N) is 1. The molecule has 0 spiro atoms. The number of hydrogen-bond donors (Lipinski definition) is 1. The number of ether oxygens (including phenoxy) is 1. The number of hydrogen-bond acceptors (Lipinski definition) is 3. The molecule has 1 amide bonds. The topological polar surface area (TPSA) is 50.7 Å². The second-order valence-corrected chi connectivity index (χ2v) is 7.26. The normalized spacial score (nSPS) is 11.6. The van der Waals surface area contributed by atoms with Crippen molar-refractivity contribution in [2.45, 2.75) is 27.2 Å². The van der Waals surface area contributed by atoms with Crippen molar-refractivity contribution in [2.24, 2.45) is 11.0 Å². The van der Waals surface area contributed by atoms with Crippen molar-refractivity contribution >= 4 is 22.4 Å². The fourth-order valence-corrected chi connectivity index (χ4v) is 2.79. The van der Waals surface area contributed by atoms with Gasteiger partial charge in [-0.15, -0.1) is 0 Å². The van der Waals surface area contributed by atoms with Crippen LogP contribution in [0.4, 0.5) is 0 Å². The van der Waals surface area contributed by atoms with Gasteiger partial charge in [-0.3, -0.25) is 4.79 Å². The molecular formula is C24H26N2O2. The minimum Gasteiger partial charge on any atom is -0.494 e. The maximum absolute atomic E-state index is 12.3. The smallest absolute Gasteiger partial charge is 0.271 e. The highest BCUT2D eigenvalue weighted by Gasteiger charge is 2.06. The highest BCUT2D eigenvalue weighted by Crippen LogP contribution is 2.16. The van der Waals surface area contributed by atoms with Crippen LogP contribution in [-0.2, 0) is 0 Å². The molecule has 3 aromatic carbocycles. The Bertz CT molecular complexity index is 975. The van der Waals surface area contributed by atoms with Crippen LogP contribution >= 0.6 is 0 Å². The number of hydrazone groups is 1. The van der Waals surface area contributed by atoms with Gasteiger partial charge in [-0.2, -0.15) is 5.10 Å². The number of amides is 1. The van der Waals surface area contributed by atoms with Gasteiger partial charge in [-0.05, 0) is 65.9 Å². The first-order valence-electron chi connectivity index (χ1n) is 9.59. The van der Waals surface area contributed by atoms with Crippen molar-refractivity contribution in [1.29, 1.82) is 0 Å². The molecule has 0 fully saturated rings. The summed E-state index contributed by atoms with van der Waals surface area (Å²) in [6, 6.07) is 21.4. The lowest BCUT2D eigenvalue weighted by Gasteiger charge is -2.08. The molecule has 0 radical (unpaired) electrons. The lowest BCUT2D eigenvalue weighted by molar-refractivity contribution is 0.0955. The lowest BCUT2D eigenvalue weighted by atomic mass is 10.0. The molecule has 0 aliphatic carbocycles. The Kier molecular flexibility index (Phi) is 6.43. The molecule has 0 aliphatic rings. The number of benzene rings is 3. The highest BCUT2D eigenvalue weighted by atomic mass is 16.5. The molecule has 0 saturated heterocycles. The maximum Gasteiger partial charge on any atom is 0.271 e. The minimum absolute atomic E-state index is 0.242. The zero-order chi connectivity index (χ0) is 19.9. The number of rotatable bonds is 7. The first kappa shape index (κ1) is 19.6. The summed E-state index contributed by atoms with van der Waals surface area (Å²) in [6.07, 6.45) is 1.00. The van der Waals surface area contributed by atoms with E-state index in [1.54, 1.807) is 12.1 Å². The van der Waals surface area contributed by atoms with Crippen molar-refractivity contribution < 1.29 is 9.53 Å². The standard InChI is InChI=1S/C24H26N2O2/c1-17(2)14-15-28-23-12-10-20(11-13-23)24(27)26-25-18(3)21-9-8-19-6-4-5-7-22(19)16-21/h4-13,16-17H,14-15H2,1-3H3,(H,26,27). The van der Waals surface area contributed by atoms with E-state index in [1.807, 2.05) is 37.3 Å². The number of carbonyl (C=O) groups is 1. The van der Waals surface area contributed by atoms with Crippen LogP contribution in [-0.4, -0.2) is 18.2 Å². The first-order valence-corrected chi connectivity index (χ1v) is 9.59. The van der Waals surface area contributed by atoms with Gasteiger partial charge in [0.25, 0.3) is 5.91 Å². The van der Waals surface area contributed by atoms with Gasteiger partial charge in [0.2, 0.25) is 0 Å². The summed E-state index contributed by atoms with van der Waals surface area (Å²) in [5.41, 5.74) is 4.92. The minimum atomic E-state index is -0.242. The quantitative estimate of drug-likeness (QED) is 0.443. The Labute approximate surface area is 166 Å². The lowest BCUT2D eigenvalue weighted by Crippen LogP contribution is -2.19. The van der Waals surface area contributed by atoms with Gasteiger partial charge in [0.15, 0.2) is 0 Å². The van der Waals surface area contributed by atoms with Crippen LogP contribution < -0.4 is 10.2 Å². The van der Waals surface area contributed by atoms with Crippen molar-refractivity contribution in [3.8, 4) is 5.75 Å². The summed E-state index contributed by atoms with van der Waals surface area (Å²) < 4.78 is 5.68. The molecule has 1 N–H and O–H groups in total. The molecule has 0 atom stereocenters. The predicted octanol–water partition coefficient (Wildman–Crippen LogP) is 5.42. The Morgan fingerprint density at radius 3 is 2.36 bits per heavy atom. The van der Waals surface area contributed by atoms with E-state index in [1.165, 1.54) is 5.39 Å². The average molecular weight is 374 g/mol. The van der Waals surface area contributed by atoms with Crippen LogP contribution in [0.3, 0.4) is 0 Å². The summed E-state index contributed by atoms with van der Waals surface area (Å²) in [7, 11) is 0. The third kappa shape index (κ3) is 5.19. The van der Waals surface area contributed by atoms with Gasteiger partial charge in [-0.1, -0.05) is 50.2 Å². The van der Waals surface area contributed by atoms with Crippen LogP contribution in [0.2, 0.25) is 0 Å². The SMILES string of the molecule is CC(=NNC(=O)c1ccc(OCCC(C)C)cc1)c1ccc2ccccc2c1. The van der Waals surface area contributed by atoms with Gasteiger partial charge in [0, 0.05) is 5.56 Å². The molecule has 0 bridgehead atoms. The summed E-state index contributed by atoms with van der Waals surface area (Å²) in [5, 5.41) is 6.58. The third-order valence-corrected chi connectivity index (χ3v) is 4.57. The molecular weight excluding hydrogens is 348 g/mol. The summed E-state index contributed by atoms with van der Waals surface area (Å²) in [5.74, 6) is 1.13.